The molecule has 0 bridgehead atoms. The summed E-state index contributed by atoms with van der Waals surface area (Å²) in [6.45, 7) is 3.26. The van der Waals surface area contributed by atoms with Gasteiger partial charge in [0, 0.05) is 12.7 Å². The minimum absolute atomic E-state index is 0.0180. The Balaban J connectivity index is 2.05. The van der Waals surface area contributed by atoms with Gasteiger partial charge in [0.2, 0.25) is 5.82 Å². The van der Waals surface area contributed by atoms with Gasteiger partial charge in [0.25, 0.3) is 0 Å². The van der Waals surface area contributed by atoms with E-state index < -0.39 is 5.97 Å². The fraction of sp³-hybridized carbons (Fsp3) is 0.364. The van der Waals surface area contributed by atoms with E-state index in [4.69, 9.17) is 0 Å². The molecular weight excluding hydrogens is 248 g/mol. The topological polar surface area (TPSA) is 94.8 Å². The Morgan fingerprint density at radius 3 is 3.11 bits per heavy atom. The number of methoxy groups -OCH3 is 1. The molecule has 0 aromatic carbocycles. The van der Waals surface area contributed by atoms with Crippen molar-refractivity contribution in [1.82, 2.24) is 24.7 Å². The van der Waals surface area contributed by atoms with Crippen molar-refractivity contribution in [3.63, 3.8) is 0 Å². The second kappa shape index (κ2) is 5.89. The number of rotatable bonds is 5. The number of esters is 1. The summed E-state index contributed by atoms with van der Waals surface area (Å²) in [6, 6.07) is 1.67. The van der Waals surface area contributed by atoms with Crippen molar-refractivity contribution >= 4 is 11.8 Å². The van der Waals surface area contributed by atoms with Crippen LogP contribution in [0.1, 0.15) is 23.4 Å². The molecule has 0 aliphatic carbocycles. The maximum Gasteiger partial charge on any atom is 0.376 e. The van der Waals surface area contributed by atoms with Gasteiger partial charge in [-0.1, -0.05) is 0 Å². The molecule has 8 nitrogen and oxygen atoms in total. The summed E-state index contributed by atoms with van der Waals surface area (Å²) in [5.41, 5.74) is 0. The molecule has 0 aliphatic heterocycles. The average molecular weight is 262 g/mol. The first-order valence-corrected chi connectivity index (χ1v) is 5.76. The molecule has 0 saturated carbocycles. The Kier molecular flexibility index (Phi) is 4.01. The van der Waals surface area contributed by atoms with E-state index in [1.54, 1.807) is 12.4 Å². The van der Waals surface area contributed by atoms with Crippen LogP contribution in [-0.4, -0.2) is 37.8 Å². The number of aryl methyl sites for hydroxylation is 1. The van der Waals surface area contributed by atoms with Gasteiger partial charge in [-0.05, 0) is 13.0 Å². The van der Waals surface area contributed by atoms with Crippen LogP contribution in [0.25, 0.3) is 0 Å². The van der Waals surface area contributed by atoms with Gasteiger partial charge >= 0.3 is 5.97 Å². The van der Waals surface area contributed by atoms with Gasteiger partial charge < -0.3 is 14.6 Å². The third-order valence-corrected chi connectivity index (χ3v) is 2.49. The molecule has 0 amide bonds. The Morgan fingerprint density at radius 2 is 2.37 bits per heavy atom. The van der Waals surface area contributed by atoms with Crippen molar-refractivity contribution in [1.29, 1.82) is 0 Å². The van der Waals surface area contributed by atoms with Crippen LogP contribution in [0.3, 0.4) is 0 Å². The molecule has 2 aromatic heterocycles. The molecule has 0 fully saturated rings. The molecule has 0 saturated heterocycles. The first-order chi connectivity index (χ1) is 9.24. The molecule has 0 radical (unpaired) electrons. The van der Waals surface area contributed by atoms with Crippen molar-refractivity contribution in [2.24, 2.45) is 0 Å². The van der Waals surface area contributed by atoms with Crippen LogP contribution in [0.15, 0.2) is 18.6 Å². The van der Waals surface area contributed by atoms with E-state index in [0.29, 0.717) is 12.4 Å². The number of hydrogen-bond acceptors (Lipinski definition) is 7. The third kappa shape index (κ3) is 3.03. The third-order valence-electron chi connectivity index (χ3n) is 2.49. The maximum absolute atomic E-state index is 11.3. The second-order valence-corrected chi connectivity index (χ2v) is 3.64. The smallest absolute Gasteiger partial charge is 0.376 e. The lowest BCUT2D eigenvalue weighted by atomic mass is 10.5. The van der Waals surface area contributed by atoms with E-state index in [2.05, 4.69) is 30.2 Å². The van der Waals surface area contributed by atoms with Crippen molar-refractivity contribution in [3.05, 3.63) is 30.2 Å². The normalized spacial score (nSPS) is 10.2. The fourth-order valence-corrected chi connectivity index (χ4v) is 1.50. The zero-order chi connectivity index (χ0) is 13.7. The van der Waals surface area contributed by atoms with Crippen LogP contribution < -0.4 is 5.32 Å². The quantitative estimate of drug-likeness (QED) is 0.783. The Labute approximate surface area is 109 Å². The van der Waals surface area contributed by atoms with Crippen LogP contribution in [0.4, 0.5) is 5.82 Å². The highest BCUT2D eigenvalue weighted by atomic mass is 16.5. The minimum atomic E-state index is -0.569. The van der Waals surface area contributed by atoms with Crippen LogP contribution in [0.2, 0.25) is 0 Å². The summed E-state index contributed by atoms with van der Waals surface area (Å²) in [7, 11) is 1.29. The molecule has 8 heteroatoms. The Bertz CT molecular complexity index is 568. The fourth-order valence-electron chi connectivity index (χ4n) is 1.50. The van der Waals surface area contributed by atoms with E-state index >= 15 is 0 Å². The van der Waals surface area contributed by atoms with Crippen LogP contribution in [0, 0.1) is 0 Å². The Morgan fingerprint density at radius 1 is 1.53 bits per heavy atom. The number of anilines is 1. The molecule has 1 N–H and O–H groups in total. The first kappa shape index (κ1) is 12.9. The first-order valence-electron chi connectivity index (χ1n) is 5.76. The number of carbonyl (C=O) groups excluding carboxylic acids is 1. The van der Waals surface area contributed by atoms with Crippen molar-refractivity contribution in [2.45, 2.75) is 20.0 Å². The SMILES string of the molecule is CCn1cnnc1CNc1ccnc(C(=O)OC)n1. The lowest BCUT2D eigenvalue weighted by Crippen LogP contribution is -2.12. The summed E-state index contributed by atoms with van der Waals surface area (Å²) < 4.78 is 6.47. The lowest BCUT2D eigenvalue weighted by Gasteiger charge is -2.06. The summed E-state index contributed by atoms with van der Waals surface area (Å²) in [5.74, 6) is 0.770. The van der Waals surface area contributed by atoms with E-state index in [1.807, 2.05) is 11.5 Å². The molecule has 19 heavy (non-hydrogen) atoms. The molecule has 2 rings (SSSR count). The van der Waals surface area contributed by atoms with Gasteiger partial charge in [-0.25, -0.2) is 14.8 Å². The molecule has 0 unspecified atom stereocenters. The molecule has 2 aromatic rings. The Hall–Kier alpha value is -2.51. The van der Waals surface area contributed by atoms with Crippen molar-refractivity contribution in [3.8, 4) is 0 Å². The summed E-state index contributed by atoms with van der Waals surface area (Å²) >= 11 is 0. The van der Waals surface area contributed by atoms with Gasteiger partial charge in [-0.2, -0.15) is 0 Å². The predicted molar refractivity (Wildman–Crippen MR) is 66.4 cm³/mol. The van der Waals surface area contributed by atoms with Gasteiger partial charge in [0.05, 0.1) is 13.7 Å². The van der Waals surface area contributed by atoms with E-state index in [-0.39, 0.29) is 5.82 Å². The van der Waals surface area contributed by atoms with Gasteiger partial charge in [0.15, 0.2) is 5.82 Å². The monoisotopic (exact) mass is 262 g/mol. The minimum Gasteiger partial charge on any atom is -0.463 e. The highest BCUT2D eigenvalue weighted by molar-refractivity contribution is 5.85. The molecule has 2 heterocycles. The molecule has 0 atom stereocenters. The van der Waals surface area contributed by atoms with E-state index in [1.165, 1.54) is 13.3 Å². The van der Waals surface area contributed by atoms with Crippen LogP contribution >= 0.6 is 0 Å². The summed E-state index contributed by atoms with van der Waals surface area (Å²) in [4.78, 5) is 19.2. The van der Waals surface area contributed by atoms with Crippen LogP contribution in [0.5, 0.6) is 0 Å². The number of hydrogen-bond donors (Lipinski definition) is 1. The highest BCUT2D eigenvalue weighted by Crippen LogP contribution is 2.05. The number of ether oxygens (including phenoxy) is 1. The predicted octanol–water partition coefficient (Wildman–Crippen LogP) is 0.487. The number of aromatic nitrogens is 5. The van der Waals surface area contributed by atoms with E-state index in [0.717, 1.165) is 12.4 Å². The highest BCUT2D eigenvalue weighted by Gasteiger charge is 2.10. The van der Waals surface area contributed by atoms with Crippen LogP contribution in [-0.2, 0) is 17.8 Å². The average Bonchev–Trinajstić information content (AvgIpc) is 2.92. The standard InChI is InChI=1S/C11H14N6O2/c1-3-17-7-14-16-9(17)6-13-8-4-5-12-10(15-8)11(18)19-2/h4-5,7H,3,6H2,1-2H3,(H,12,13,15). The molecule has 0 spiro atoms. The lowest BCUT2D eigenvalue weighted by molar-refractivity contribution is 0.0587. The molecule has 0 aliphatic rings. The van der Waals surface area contributed by atoms with Gasteiger partial charge in [-0.15, -0.1) is 10.2 Å². The van der Waals surface area contributed by atoms with E-state index in [9.17, 15) is 4.79 Å². The molecular formula is C11H14N6O2. The number of nitrogens with zero attached hydrogens (tertiary/aromatic N) is 5. The van der Waals surface area contributed by atoms with Crippen molar-refractivity contribution < 1.29 is 9.53 Å². The van der Waals surface area contributed by atoms with Gasteiger partial charge in [-0.3, -0.25) is 0 Å². The summed E-state index contributed by atoms with van der Waals surface area (Å²) in [5, 5.41) is 10.9. The zero-order valence-electron chi connectivity index (χ0n) is 10.7. The molecule has 100 valence electrons. The number of nitrogens with one attached hydrogen (secondary N) is 1. The zero-order valence-corrected chi connectivity index (χ0v) is 10.7. The largest absolute Gasteiger partial charge is 0.463 e. The maximum atomic E-state index is 11.3. The number of carbonyl (C=O) groups is 1. The van der Waals surface area contributed by atoms with Gasteiger partial charge in [0.1, 0.15) is 12.1 Å². The summed E-state index contributed by atoms with van der Waals surface area (Å²) in [6.07, 6.45) is 3.16. The van der Waals surface area contributed by atoms with Crippen molar-refractivity contribution in [2.75, 3.05) is 12.4 Å². The second-order valence-electron chi connectivity index (χ2n) is 3.64.